The molecule has 0 unspecified atom stereocenters. The Kier molecular flexibility index (Phi) is 5.48. The highest BCUT2D eigenvalue weighted by Gasteiger charge is 2.59. The van der Waals surface area contributed by atoms with E-state index in [0.717, 1.165) is 11.3 Å². The van der Waals surface area contributed by atoms with Crippen LogP contribution in [-0.2, 0) is 24.4 Å². The molecule has 2 aliphatic rings. The number of benzene rings is 1. The van der Waals surface area contributed by atoms with Crippen molar-refractivity contribution in [2.45, 2.75) is 32.5 Å². The molecular formula is C19H26N2O5. The molecule has 0 bridgehead atoms. The topological polar surface area (TPSA) is 68.3 Å². The van der Waals surface area contributed by atoms with E-state index in [9.17, 15) is 9.59 Å². The van der Waals surface area contributed by atoms with Crippen LogP contribution in [-0.4, -0.2) is 62.6 Å². The minimum absolute atomic E-state index is 0.0105. The van der Waals surface area contributed by atoms with Crippen LogP contribution in [0.15, 0.2) is 24.3 Å². The van der Waals surface area contributed by atoms with Crippen LogP contribution < -0.4 is 4.90 Å². The number of carbonyl (C=O) groups is 2. The Labute approximate surface area is 153 Å². The lowest BCUT2D eigenvalue weighted by molar-refractivity contribution is -0.139. The van der Waals surface area contributed by atoms with Crippen molar-refractivity contribution < 1.29 is 23.8 Å². The molecule has 142 valence electrons. The number of likely N-dealkylation sites (tertiary alicyclic amines) is 1. The van der Waals surface area contributed by atoms with Crippen LogP contribution in [0.1, 0.15) is 26.3 Å². The molecule has 1 spiro atoms. The molecule has 2 amide bonds. The van der Waals surface area contributed by atoms with Crippen molar-refractivity contribution in [1.29, 1.82) is 0 Å². The highest BCUT2D eigenvalue weighted by Crippen LogP contribution is 2.47. The second kappa shape index (κ2) is 7.63. The van der Waals surface area contributed by atoms with Gasteiger partial charge in [0.05, 0.1) is 13.2 Å². The van der Waals surface area contributed by atoms with Gasteiger partial charge < -0.3 is 24.0 Å². The quantitative estimate of drug-likeness (QED) is 0.695. The fourth-order valence-electron chi connectivity index (χ4n) is 3.71. The van der Waals surface area contributed by atoms with Gasteiger partial charge in [0.15, 0.2) is 6.29 Å². The largest absolute Gasteiger partial charge is 0.450 e. The van der Waals surface area contributed by atoms with Gasteiger partial charge in [-0.2, -0.15) is 0 Å². The molecule has 0 N–H and O–H groups in total. The van der Waals surface area contributed by atoms with Gasteiger partial charge in [0.2, 0.25) is 5.91 Å². The molecule has 2 heterocycles. The van der Waals surface area contributed by atoms with Gasteiger partial charge in [-0.3, -0.25) is 4.79 Å². The lowest BCUT2D eigenvalue weighted by Gasteiger charge is -2.45. The fourth-order valence-corrected chi connectivity index (χ4v) is 3.71. The fraction of sp³-hybridized carbons (Fsp3) is 0.579. The molecule has 0 radical (unpaired) electrons. The van der Waals surface area contributed by atoms with Crippen LogP contribution >= 0.6 is 0 Å². The van der Waals surface area contributed by atoms with Crippen LogP contribution in [0.3, 0.4) is 0 Å². The molecular weight excluding hydrogens is 336 g/mol. The van der Waals surface area contributed by atoms with Crippen molar-refractivity contribution in [2.24, 2.45) is 0 Å². The Morgan fingerprint density at radius 3 is 2.38 bits per heavy atom. The third kappa shape index (κ3) is 3.05. The average molecular weight is 362 g/mol. The van der Waals surface area contributed by atoms with Gasteiger partial charge in [0.25, 0.3) is 0 Å². The van der Waals surface area contributed by atoms with Crippen LogP contribution in [0.5, 0.6) is 0 Å². The van der Waals surface area contributed by atoms with E-state index in [-0.39, 0.29) is 12.0 Å². The lowest BCUT2D eigenvalue weighted by atomic mass is 9.75. The molecule has 0 saturated carbocycles. The molecule has 7 nitrogen and oxygen atoms in total. The van der Waals surface area contributed by atoms with Crippen molar-refractivity contribution in [1.82, 2.24) is 4.90 Å². The highest BCUT2D eigenvalue weighted by atomic mass is 16.7. The van der Waals surface area contributed by atoms with E-state index in [2.05, 4.69) is 0 Å². The monoisotopic (exact) mass is 362 g/mol. The summed E-state index contributed by atoms with van der Waals surface area (Å²) < 4.78 is 16.3. The Balaban J connectivity index is 1.82. The first-order valence-corrected chi connectivity index (χ1v) is 9.13. The number of nitrogens with zero attached hydrogens (tertiary/aromatic N) is 2. The summed E-state index contributed by atoms with van der Waals surface area (Å²) in [6.45, 7) is 7.92. The van der Waals surface area contributed by atoms with Crippen molar-refractivity contribution in [3.63, 3.8) is 0 Å². The maximum Gasteiger partial charge on any atom is 0.409 e. The van der Waals surface area contributed by atoms with E-state index < -0.39 is 11.7 Å². The van der Waals surface area contributed by atoms with Crippen LogP contribution in [0.2, 0.25) is 0 Å². The molecule has 3 rings (SSSR count). The summed E-state index contributed by atoms with van der Waals surface area (Å²) in [6.07, 6.45) is -0.846. The van der Waals surface area contributed by atoms with E-state index in [4.69, 9.17) is 14.2 Å². The molecule has 1 fully saturated rings. The third-order valence-electron chi connectivity index (χ3n) is 4.85. The predicted molar refractivity (Wildman–Crippen MR) is 96.1 cm³/mol. The summed E-state index contributed by atoms with van der Waals surface area (Å²) in [6, 6.07) is 7.74. The van der Waals surface area contributed by atoms with Crippen molar-refractivity contribution in [2.75, 3.05) is 44.4 Å². The van der Waals surface area contributed by atoms with Gasteiger partial charge in [-0.15, -0.1) is 0 Å². The summed E-state index contributed by atoms with van der Waals surface area (Å²) >= 11 is 0. The highest BCUT2D eigenvalue weighted by molar-refractivity contribution is 6.10. The summed E-state index contributed by atoms with van der Waals surface area (Å²) in [7, 11) is 0. The standard InChI is InChI=1S/C19H26N2O5/c1-4-24-16(25-5-2)11-21-15-10-8-7-9-14(15)19(17(21)22)12-20(13-19)18(23)26-6-3/h7-10,16H,4-6,11-13H2,1-3H3. The first kappa shape index (κ1) is 18.7. The second-order valence-corrected chi connectivity index (χ2v) is 6.41. The zero-order chi connectivity index (χ0) is 18.7. The molecule has 1 saturated heterocycles. The van der Waals surface area contributed by atoms with Gasteiger partial charge >= 0.3 is 6.09 Å². The smallest absolute Gasteiger partial charge is 0.409 e. The molecule has 2 aliphatic heterocycles. The maximum absolute atomic E-state index is 13.3. The number of rotatable bonds is 7. The Hall–Kier alpha value is -2.12. The number of fused-ring (bicyclic) bond motifs is 2. The maximum atomic E-state index is 13.3. The normalized spacial score (nSPS) is 17.6. The van der Waals surface area contributed by atoms with Gasteiger partial charge in [-0.1, -0.05) is 18.2 Å². The molecule has 1 aromatic rings. The Morgan fingerprint density at radius 2 is 1.77 bits per heavy atom. The van der Waals surface area contributed by atoms with E-state index >= 15 is 0 Å². The van der Waals surface area contributed by atoms with Crippen molar-refractivity contribution in [3.8, 4) is 0 Å². The first-order valence-electron chi connectivity index (χ1n) is 9.13. The molecule has 0 aliphatic carbocycles. The number of hydrogen-bond donors (Lipinski definition) is 0. The van der Waals surface area contributed by atoms with E-state index in [0.29, 0.717) is 39.5 Å². The van der Waals surface area contributed by atoms with Crippen LogP contribution in [0.4, 0.5) is 10.5 Å². The number of hydrogen-bond acceptors (Lipinski definition) is 5. The minimum Gasteiger partial charge on any atom is -0.450 e. The number of ether oxygens (including phenoxy) is 3. The average Bonchev–Trinajstić information content (AvgIpc) is 2.83. The zero-order valence-electron chi connectivity index (χ0n) is 15.6. The van der Waals surface area contributed by atoms with Gasteiger partial charge in [0, 0.05) is 32.0 Å². The first-order chi connectivity index (χ1) is 12.6. The lowest BCUT2D eigenvalue weighted by Crippen LogP contribution is -2.65. The molecule has 0 aromatic heterocycles. The number of anilines is 1. The van der Waals surface area contributed by atoms with Gasteiger partial charge in [-0.25, -0.2) is 4.79 Å². The zero-order valence-corrected chi connectivity index (χ0v) is 15.6. The Bertz CT molecular complexity index is 666. The molecule has 26 heavy (non-hydrogen) atoms. The molecule has 1 aromatic carbocycles. The number of carbonyl (C=O) groups excluding carboxylic acids is 2. The summed E-state index contributed by atoms with van der Waals surface area (Å²) in [5.41, 5.74) is 1.13. The van der Waals surface area contributed by atoms with Crippen molar-refractivity contribution >= 4 is 17.7 Å². The van der Waals surface area contributed by atoms with Crippen molar-refractivity contribution in [3.05, 3.63) is 29.8 Å². The minimum atomic E-state index is -0.688. The number of amides is 2. The SMILES string of the molecule is CCOC(=O)N1CC2(C1)C(=O)N(CC(OCC)OCC)c1ccccc12. The van der Waals surface area contributed by atoms with Crippen LogP contribution in [0.25, 0.3) is 0 Å². The van der Waals surface area contributed by atoms with Crippen LogP contribution in [0, 0.1) is 0 Å². The molecule has 0 atom stereocenters. The van der Waals surface area contributed by atoms with E-state index in [1.165, 1.54) is 0 Å². The van der Waals surface area contributed by atoms with E-state index in [1.54, 1.807) is 16.7 Å². The number of para-hydroxylation sites is 1. The predicted octanol–water partition coefficient (Wildman–Crippen LogP) is 2.14. The molecule has 7 heteroatoms. The summed E-state index contributed by atoms with van der Waals surface area (Å²) in [4.78, 5) is 28.5. The summed E-state index contributed by atoms with van der Waals surface area (Å²) in [5.74, 6) is -0.0105. The van der Waals surface area contributed by atoms with E-state index in [1.807, 2.05) is 38.1 Å². The van der Waals surface area contributed by atoms with Gasteiger partial charge in [-0.05, 0) is 32.4 Å². The third-order valence-corrected chi connectivity index (χ3v) is 4.85. The van der Waals surface area contributed by atoms with Gasteiger partial charge in [0.1, 0.15) is 5.41 Å². The Morgan fingerprint density at radius 1 is 1.12 bits per heavy atom. The second-order valence-electron chi connectivity index (χ2n) is 6.41. The summed E-state index contributed by atoms with van der Waals surface area (Å²) in [5, 5.41) is 0.